The minimum atomic E-state index is -2.72. The molecule has 24 heavy (non-hydrogen) atoms. The van der Waals surface area contributed by atoms with Crippen LogP contribution in [0.5, 0.6) is 0 Å². The Labute approximate surface area is 132 Å². The fraction of sp³-hybridized carbons (Fsp3) is 0.333. The van der Waals surface area contributed by atoms with Crippen LogP contribution < -0.4 is 0 Å². The quantitative estimate of drug-likeness (QED) is 0.330. The number of aliphatic carboxylic acids is 1. The van der Waals surface area contributed by atoms with Crippen molar-refractivity contribution in [3.05, 3.63) is 11.6 Å². The molecule has 12 nitrogen and oxygen atoms in total. The minimum Gasteiger partial charge on any atom is -0.478 e. The van der Waals surface area contributed by atoms with Gasteiger partial charge in [-0.05, 0) is 0 Å². The predicted molar refractivity (Wildman–Crippen MR) is 65.0 cm³/mol. The van der Waals surface area contributed by atoms with E-state index in [2.05, 4.69) is 19.6 Å². The molecular weight excluding hydrogens is 336 g/mol. The molecule has 0 spiro atoms. The highest BCUT2D eigenvalue weighted by molar-refractivity contribution is 5.99. The number of hydrogen-bond donors (Lipinski definition) is 2. The Morgan fingerprint density at radius 2 is 1.71 bits per heavy atom. The third kappa shape index (κ3) is 5.17. The van der Waals surface area contributed by atoms with Crippen molar-refractivity contribution in [1.82, 2.24) is 0 Å². The number of aliphatic hydroxyl groups is 1. The summed E-state index contributed by atoms with van der Waals surface area (Å²) in [7, 11) is 0. The van der Waals surface area contributed by atoms with Crippen LogP contribution in [0.15, 0.2) is 11.6 Å². The van der Waals surface area contributed by atoms with E-state index in [1.54, 1.807) is 0 Å². The molecule has 1 unspecified atom stereocenters. The Morgan fingerprint density at radius 3 is 2.29 bits per heavy atom. The number of aldehydes is 1. The Morgan fingerprint density at radius 1 is 1.08 bits per heavy atom. The third-order valence-corrected chi connectivity index (χ3v) is 2.55. The lowest BCUT2D eigenvalue weighted by atomic mass is 9.97. The van der Waals surface area contributed by atoms with E-state index in [0.29, 0.717) is 0 Å². The van der Waals surface area contributed by atoms with Gasteiger partial charge in [-0.2, -0.15) is 0 Å². The van der Waals surface area contributed by atoms with E-state index in [1.165, 1.54) is 0 Å². The van der Waals surface area contributed by atoms with Gasteiger partial charge < -0.3 is 15.0 Å². The number of carbonyl (C=O) groups excluding carboxylic acids is 5. The molecule has 1 rings (SSSR count). The maximum Gasteiger partial charge on any atom is 0.387 e. The summed E-state index contributed by atoms with van der Waals surface area (Å²) in [6.45, 7) is 0. The Kier molecular flexibility index (Phi) is 6.12. The zero-order valence-corrected chi connectivity index (χ0v) is 11.8. The minimum absolute atomic E-state index is 0.0853. The van der Waals surface area contributed by atoms with E-state index < -0.39 is 60.3 Å². The molecule has 1 aliphatic heterocycles. The van der Waals surface area contributed by atoms with Gasteiger partial charge >= 0.3 is 29.8 Å². The lowest BCUT2D eigenvalue weighted by Gasteiger charge is -2.21. The van der Waals surface area contributed by atoms with Crippen molar-refractivity contribution in [3.8, 4) is 0 Å². The average molecular weight is 346 g/mol. The van der Waals surface area contributed by atoms with E-state index in [9.17, 15) is 33.9 Å². The van der Waals surface area contributed by atoms with Crippen LogP contribution >= 0.6 is 0 Å². The smallest absolute Gasteiger partial charge is 0.387 e. The molecule has 0 aliphatic carbocycles. The fourth-order valence-corrected chi connectivity index (χ4v) is 1.45. The van der Waals surface area contributed by atoms with Gasteiger partial charge in [-0.1, -0.05) is 0 Å². The van der Waals surface area contributed by atoms with Gasteiger partial charge in [0.15, 0.2) is 5.60 Å². The highest BCUT2D eigenvalue weighted by Crippen LogP contribution is 2.19. The van der Waals surface area contributed by atoms with Gasteiger partial charge in [0.25, 0.3) is 0 Å². The zero-order chi connectivity index (χ0) is 18.3. The molecule has 12 heteroatoms. The number of carboxylic acid groups (broad SMARTS) is 1. The van der Waals surface area contributed by atoms with Crippen LogP contribution in [-0.2, 0) is 48.3 Å². The van der Waals surface area contributed by atoms with Crippen LogP contribution in [0.25, 0.3) is 0 Å². The normalized spacial score (nSPS) is 24.6. The van der Waals surface area contributed by atoms with Crippen molar-refractivity contribution in [3.63, 3.8) is 0 Å². The molecular formula is C12H10O12. The van der Waals surface area contributed by atoms with Gasteiger partial charge in [0.05, 0.1) is 18.4 Å². The second kappa shape index (κ2) is 7.82. The summed E-state index contributed by atoms with van der Waals surface area (Å²) < 4.78 is 0. The first-order valence-electron chi connectivity index (χ1n) is 6.11. The van der Waals surface area contributed by atoms with Gasteiger partial charge in [0.2, 0.25) is 0 Å². The summed E-state index contributed by atoms with van der Waals surface area (Å²) in [6, 6.07) is 0. The molecule has 130 valence electrons. The summed E-state index contributed by atoms with van der Waals surface area (Å²) in [5.74, 6) is -7.63. The lowest BCUT2D eigenvalue weighted by Crippen LogP contribution is -2.43. The second-order valence-corrected chi connectivity index (χ2v) is 4.42. The van der Waals surface area contributed by atoms with Gasteiger partial charge in [-0.25, -0.2) is 43.5 Å². The first-order chi connectivity index (χ1) is 11.2. The molecule has 0 bridgehead atoms. The topological polar surface area (TPSA) is 180 Å². The molecule has 0 saturated carbocycles. The summed E-state index contributed by atoms with van der Waals surface area (Å²) in [4.78, 5) is 83.1. The fourth-order valence-electron chi connectivity index (χ4n) is 1.45. The van der Waals surface area contributed by atoms with Crippen molar-refractivity contribution < 1.29 is 58.5 Å². The van der Waals surface area contributed by atoms with Crippen molar-refractivity contribution in [2.45, 2.75) is 24.9 Å². The molecule has 1 aliphatic rings. The monoisotopic (exact) mass is 346 g/mol. The SMILES string of the molecule is O=CCC1(O)CC(=O)OOC(=O)/C(=C\C(=O)O)CC(=O)OOC1=O. The second-order valence-electron chi connectivity index (χ2n) is 4.42. The molecule has 1 heterocycles. The van der Waals surface area contributed by atoms with Crippen LogP contribution in [0.1, 0.15) is 19.3 Å². The van der Waals surface area contributed by atoms with Crippen molar-refractivity contribution in [2.24, 2.45) is 0 Å². The van der Waals surface area contributed by atoms with Crippen LogP contribution in [0.4, 0.5) is 0 Å². The van der Waals surface area contributed by atoms with Crippen molar-refractivity contribution in [2.75, 3.05) is 0 Å². The molecule has 1 saturated heterocycles. The van der Waals surface area contributed by atoms with E-state index in [4.69, 9.17) is 5.11 Å². The molecule has 1 atom stereocenters. The average Bonchev–Trinajstić information content (AvgIpc) is 2.48. The first-order valence-corrected chi connectivity index (χ1v) is 6.11. The van der Waals surface area contributed by atoms with E-state index in [-0.39, 0.29) is 12.4 Å². The summed E-state index contributed by atoms with van der Waals surface area (Å²) in [5, 5.41) is 18.5. The zero-order valence-electron chi connectivity index (χ0n) is 11.8. The summed E-state index contributed by atoms with van der Waals surface area (Å²) in [6.07, 6.45) is -2.72. The maximum absolute atomic E-state index is 11.6. The number of carboxylic acids is 1. The largest absolute Gasteiger partial charge is 0.478 e. The van der Waals surface area contributed by atoms with E-state index >= 15 is 0 Å². The molecule has 2 N–H and O–H groups in total. The van der Waals surface area contributed by atoms with Crippen LogP contribution in [0.3, 0.4) is 0 Å². The molecule has 0 aromatic rings. The highest BCUT2D eigenvalue weighted by Gasteiger charge is 2.43. The van der Waals surface area contributed by atoms with Gasteiger partial charge in [-0.3, -0.25) is 0 Å². The number of carbonyl (C=O) groups is 6. The van der Waals surface area contributed by atoms with Crippen molar-refractivity contribution >= 4 is 36.1 Å². The van der Waals surface area contributed by atoms with E-state index in [0.717, 1.165) is 0 Å². The molecule has 0 aromatic heterocycles. The number of rotatable bonds is 3. The third-order valence-electron chi connectivity index (χ3n) is 2.55. The van der Waals surface area contributed by atoms with Gasteiger partial charge in [-0.15, -0.1) is 0 Å². The molecule has 1 fully saturated rings. The van der Waals surface area contributed by atoms with Gasteiger partial charge in [0.1, 0.15) is 6.29 Å². The lowest BCUT2D eigenvalue weighted by molar-refractivity contribution is -0.276. The van der Waals surface area contributed by atoms with Crippen LogP contribution in [-0.4, -0.2) is 51.9 Å². The highest BCUT2D eigenvalue weighted by atomic mass is 17.2. The molecule has 0 radical (unpaired) electrons. The molecule has 0 amide bonds. The molecule has 0 aromatic carbocycles. The van der Waals surface area contributed by atoms with Crippen LogP contribution in [0.2, 0.25) is 0 Å². The maximum atomic E-state index is 11.6. The van der Waals surface area contributed by atoms with Crippen molar-refractivity contribution in [1.29, 1.82) is 0 Å². The summed E-state index contributed by atoms with van der Waals surface area (Å²) >= 11 is 0. The number of hydrogen-bond acceptors (Lipinski definition) is 11. The summed E-state index contributed by atoms with van der Waals surface area (Å²) in [5.41, 5.74) is -3.50. The van der Waals surface area contributed by atoms with E-state index in [1.807, 2.05) is 0 Å². The van der Waals surface area contributed by atoms with Crippen LogP contribution in [0, 0.1) is 0 Å². The Balaban J connectivity index is 3.07. The standard InChI is InChI=1S/C12H10O12/c13-2-1-12(20)5-9(17)22-23-10(18)6(3-7(14)15)4-8(16)21-24-11(12)19/h2-3,20H,1,4-5H2,(H,14,15)/b6-3-. The Bertz CT molecular complexity index is 618. The first kappa shape index (κ1) is 18.8. The predicted octanol–water partition coefficient (Wildman–Crippen LogP) is -1.89. The van der Waals surface area contributed by atoms with Gasteiger partial charge in [0, 0.05) is 12.5 Å². The Hall–Kier alpha value is -3.28.